The van der Waals surface area contributed by atoms with Gasteiger partial charge in [0.2, 0.25) is 5.91 Å². The van der Waals surface area contributed by atoms with Crippen LogP contribution >= 0.6 is 0 Å². The molecule has 1 aromatic carbocycles. The van der Waals surface area contributed by atoms with Crippen LogP contribution in [0.2, 0.25) is 0 Å². The van der Waals surface area contributed by atoms with E-state index in [1.165, 1.54) is 7.11 Å². The van der Waals surface area contributed by atoms with Crippen molar-refractivity contribution in [1.82, 2.24) is 15.5 Å². The van der Waals surface area contributed by atoms with Gasteiger partial charge in [0.1, 0.15) is 25.3 Å². The molecule has 0 saturated carbocycles. The lowest BCUT2D eigenvalue weighted by atomic mass is 9.91. The number of hydrogen-bond donors (Lipinski definition) is 2. The average molecular weight is 405 g/mol. The third-order valence-corrected chi connectivity index (χ3v) is 4.80. The van der Waals surface area contributed by atoms with E-state index in [2.05, 4.69) is 15.4 Å². The summed E-state index contributed by atoms with van der Waals surface area (Å²) in [4.78, 5) is 49.3. The first-order chi connectivity index (χ1) is 13.8. The molecule has 1 fully saturated rings. The van der Waals surface area contributed by atoms with Gasteiger partial charge in [-0.3, -0.25) is 19.3 Å². The van der Waals surface area contributed by atoms with Crippen LogP contribution in [0, 0.1) is 0 Å². The lowest BCUT2D eigenvalue weighted by Gasteiger charge is -2.25. The Balaban J connectivity index is 1.63. The number of urea groups is 1. The van der Waals surface area contributed by atoms with E-state index in [-0.39, 0.29) is 18.9 Å². The van der Waals surface area contributed by atoms with Gasteiger partial charge >= 0.3 is 12.0 Å². The number of amides is 4. The van der Waals surface area contributed by atoms with Crippen LogP contribution in [0.3, 0.4) is 0 Å². The molecule has 0 unspecified atom stereocenters. The van der Waals surface area contributed by atoms with E-state index in [0.717, 1.165) is 4.90 Å². The zero-order valence-corrected chi connectivity index (χ0v) is 16.3. The topological polar surface area (TPSA) is 123 Å². The van der Waals surface area contributed by atoms with Crippen molar-refractivity contribution in [2.75, 3.05) is 33.4 Å². The van der Waals surface area contributed by atoms with Crippen molar-refractivity contribution in [2.45, 2.75) is 25.3 Å². The van der Waals surface area contributed by atoms with Crippen LogP contribution in [0.1, 0.15) is 25.3 Å². The summed E-state index contributed by atoms with van der Waals surface area (Å²) >= 11 is 0. The number of imide groups is 1. The molecule has 10 heteroatoms. The maximum absolute atomic E-state index is 12.9. The van der Waals surface area contributed by atoms with Gasteiger partial charge in [-0.2, -0.15) is 0 Å². The number of methoxy groups -OCH3 is 1. The van der Waals surface area contributed by atoms with Gasteiger partial charge in [-0.05, 0) is 31.0 Å². The Morgan fingerprint density at radius 3 is 2.69 bits per heavy atom. The Morgan fingerprint density at radius 2 is 1.97 bits per heavy atom. The average Bonchev–Trinajstić information content (AvgIpc) is 2.94. The lowest BCUT2D eigenvalue weighted by Crippen LogP contribution is -2.43. The van der Waals surface area contributed by atoms with Crippen LogP contribution in [0.4, 0.5) is 4.79 Å². The van der Waals surface area contributed by atoms with E-state index in [1.54, 1.807) is 25.1 Å². The fourth-order valence-corrected chi connectivity index (χ4v) is 3.15. The van der Waals surface area contributed by atoms with Gasteiger partial charge in [0.05, 0.1) is 7.11 Å². The van der Waals surface area contributed by atoms with Gasteiger partial charge in [0.15, 0.2) is 11.5 Å². The number of carbonyl (C=O) groups excluding carboxylic acids is 4. The van der Waals surface area contributed by atoms with Crippen molar-refractivity contribution in [2.24, 2.45) is 0 Å². The number of nitrogens with one attached hydrogen (secondary N) is 2. The normalized spacial score (nSPS) is 20.3. The highest BCUT2D eigenvalue weighted by Crippen LogP contribution is 2.36. The summed E-state index contributed by atoms with van der Waals surface area (Å²) in [5.41, 5.74) is -0.793. The minimum Gasteiger partial charge on any atom is -0.486 e. The van der Waals surface area contributed by atoms with Crippen LogP contribution in [0.25, 0.3) is 0 Å². The second-order valence-electron chi connectivity index (χ2n) is 6.83. The molecule has 1 aromatic rings. The Morgan fingerprint density at radius 1 is 1.24 bits per heavy atom. The van der Waals surface area contributed by atoms with Crippen LogP contribution in [-0.4, -0.2) is 62.1 Å². The second kappa shape index (κ2) is 8.38. The monoisotopic (exact) mass is 405 g/mol. The molecule has 10 nitrogen and oxygen atoms in total. The number of esters is 1. The van der Waals surface area contributed by atoms with Crippen LogP contribution in [0.5, 0.6) is 11.5 Å². The first-order valence-corrected chi connectivity index (χ1v) is 9.23. The van der Waals surface area contributed by atoms with E-state index in [1.807, 2.05) is 0 Å². The Kier molecular flexibility index (Phi) is 5.90. The molecule has 2 N–H and O–H groups in total. The standard InChI is InChI=1S/C19H23N3O7/c1-19(12-5-6-13-14(10-12)29-9-8-28-13)17(25)22(18(26)21-19)11-15(23)20-7-3-4-16(24)27-2/h5-6,10H,3-4,7-9,11H2,1-2H3,(H,20,23)(H,21,26)/t19-/m1/s1. The van der Waals surface area contributed by atoms with E-state index >= 15 is 0 Å². The van der Waals surface area contributed by atoms with E-state index < -0.39 is 29.9 Å². The first-order valence-electron chi connectivity index (χ1n) is 9.23. The van der Waals surface area contributed by atoms with Gasteiger partial charge in [-0.25, -0.2) is 4.79 Å². The maximum Gasteiger partial charge on any atom is 0.325 e. The summed E-state index contributed by atoms with van der Waals surface area (Å²) in [5.74, 6) is -0.334. The molecule has 0 aliphatic carbocycles. The maximum atomic E-state index is 12.9. The van der Waals surface area contributed by atoms with E-state index in [4.69, 9.17) is 9.47 Å². The zero-order chi connectivity index (χ0) is 21.0. The van der Waals surface area contributed by atoms with Gasteiger partial charge in [0.25, 0.3) is 5.91 Å². The van der Waals surface area contributed by atoms with Crippen molar-refractivity contribution < 1.29 is 33.4 Å². The van der Waals surface area contributed by atoms with Crippen molar-refractivity contribution in [1.29, 1.82) is 0 Å². The fraction of sp³-hybridized carbons (Fsp3) is 0.474. The van der Waals surface area contributed by atoms with Gasteiger partial charge in [-0.15, -0.1) is 0 Å². The molecular weight excluding hydrogens is 382 g/mol. The lowest BCUT2D eigenvalue weighted by molar-refractivity contribution is -0.140. The minimum absolute atomic E-state index is 0.169. The second-order valence-corrected chi connectivity index (χ2v) is 6.83. The third kappa shape index (κ3) is 4.25. The summed E-state index contributed by atoms with van der Waals surface area (Å²) in [5, 5.41) is 5.23. The van der Waals surface area contributed by atoms with Crippen LogP contribution in [-0.2, 0) is 24.7 Å². The van der Waals surface area contributed by atoms with Gasteiger partial charge in [0, 0.05) is 13.0 Å². The number of hydrogen-bond acceptors (Lipinski definition) is 7. The largest absolute Gasteiger partial charge is 0.486 e. The van der Waals surface area contributed by atoms with Crippen LogP contribution < -0.4 is 20.1 Å². The third-order valence-electron chi connectivity index (χ3n) is 4.80. The molecular formula is C19H23N3O7. The predicted octanol–water partition coefficient (Wildman–Crippen LogP) is 0.294. The molecule has 0 radical (unpaired) electrons. The van der Waals surface area contributed by atoms with Gasteiger partial charge in [-0.1, -0.05) is 6.07 Å². The molecule has 1 saturated heterocycles. The summed E-state index contributed by atoms with van der Waals surface area (Å²) in [7, 11) is 1.29. The summed E-state index contributed by atoms with van der Waals surface area (Å²) in [6.07, 6.45) is 0.565. The van der Waals surface area contributed by atoms with Crippen molar-refractivity contribution in [3.63, 3.8) is 0 Å². The summed E-state index contributed by atoms with van der Waals surface area (Å²) in [6, 6.07) is 4.37. The van der Waals surface area contributed by atoms with Crippen LogP contribution in [0.15, 0.2) is 18.2 Å². The van der Waals surface area contributed by atoms with Crippen molar-refractivity contribution >= 4 is 23.8 Å². The highest BCUT2D eigenvalue weighted by atomic mass is 16.6. The SMILES string of the molecule is COC(=O)CCCNC(=O)CN1C(=O)N[C@](C)(c2ccc3c(c2)OCCO3)C1=O. The number of ether oxygens (including phenoxy) is 3. The minimum atomic E-state index is -1.32. The first kappa shape index (κ1) is 20.4. The number of carbonyl (C=O) groups is 4. The number of nitrogens with zero attached hydrogens (tertiary/aromatic N) is 1. The highest BCUT2D eigenvalue weighted by molar-refractivity contribution is 6.09. The number of rotatable bonds is 7. The molecule has 156 valence electrons. The van der Waals surface area contributed by atoms with E-state index in [9.17, 15) is 19.2 Å². The molecule has 2 heterocycles. The highest BCUT2D eigenvalue weighted by Gasteiger charge is 2.49. The molecule has 2 aliphatic rings. The van der Waals surface area contributed by atoms with Crippen molar-refractivity contribution in [3.05, 3.63) is 23.8 Å². The predicted molar refractivity (Wildman–Crippen MR) is 99.3 cm³/mol. The number of benzene rings is 1. The molecule has 2 aliphatic heterocycles. The van der Waals surface area contributed by atoms with Gasteiger partial charge < -0.3 is 24.8 Å². The molecule has 4 amide bonds. The smallest absolute Gasteiger partial charge is 0.325 e. The summed E-state index contributed by atoms with van der Waals surface area (Å²) in [6.45, 7) is 2.24. The molecule has 0 spiro atoms. The quantitative estimate of drug-likeness (QED) is 0.380. The van der Waals surface area contributed by atoms with E-state index in [0.29, 0.717) is 36.7 Å². The zero-order valence-electron chi connectivity index (χ0n) is 16.3. The molecule has 0 aromatic heterocycles. The molecule has 1 atom stereocenters. The summed E-state index contributed by atoms with van der Waals surface area (Å²) < 4.78 is 15.5. The molecule has 29 heavy (non-hydrogen) atoms. The van der Waals surface area contributed by atoms with Crippen molar-refractivity contribution in [3.8, 4) is 11.5 Å². The molecule has 3 rings (SSSR count). The Bertz CT molecular complexity index is 841. The Hall–Kier alpha value is -3.30. The molecule has 0 bridgehead atoms. The Labute approximate surface area is 167 Å². The number of fused-ring (bicyclic) bond motifs is 1. The fourth-order valence-electron chi connectivity index (χ4n) is 3.15.